The maximum atomic E-state index is 12.6. The van der Waals surface area contributed by atoms with Crippen LogP contribution in [0.25, 0.3) is 0 Å². The van der Waals surface area contributed by atoms with Crippen molar-refractivity contribution in [3.8, 4) is 0 Å². The fourth-order valence-corrected chi connectivity index (χ4v) is 4.36. The Morgan fingerprint density at radius 2 is 1.61 bits per heavy atom. The van der Waals surface area contributed by atoms with Crippen LogP contribution >= 0.6 is 0 Å². The summed E-state index contributed by atoms with van der Waals surface area (Å²) in [6.07, 6.45) is 9.18. The largest absolute Gasteiger partial charge is 0.444 e. The van der Waals surface area contributed by atoms with Crippen molar-refractivity contribution in [2.45, 2.75) is 77.7 Å². The maximum absolute atomic E-state index is 12.6. The normalized spacial score (nSPS) is 33.6. The van der Waals surface area contributed by atoms with E-state index in [9.17, 15) is 9.90 Å². The summed E-state index contributed by atoms with van der Waals surface area (Å²) in [4.78, 5) is 14.6. The van der Waals surface area contributed by atoms with Crippen LogP contribution in [0.15, 0.2) is 0 Å². The molecule has 0 saturated heterocycles. The van der Waals surface area contributed by atoms with Crippen LogP contribution in [0.4, 0.5) is 4.79 Å². The SMILES string of the molecule is CC(C)(C)OC(=O)N(CC1CC1)CC12CCC(CO)(CC1)CC2. The zero-order valence-electron chi connectivity index (χ0n) is 15.1. The van der Waals surface area contributed by atoms with Gasteiger partial charge in [0.05, 0.1) is 0 Å². The van der Waals surface area contributed by atoms with Crippen LogP contribution in [0.5, 0.6) is 0 Å². The Bertz CT molecular complexity index is 425. The molecule has 4 heteroatoms. The van der Waals surface area contributed by atoms with Crippen LogP contribution < -0.4 is 0 Å². The number of carbonyl (C=O) groups is 1. The van der Waals surface area contributed by atoms with E-state index in [0.29, 0.717) is 12.5 Å². The Hall–Kier alpha value is -0.770. The number of fused-ring (bicyclic) bond motifs is 3. The molecule has 23 heavy (non-hydrogen) atoms. The first kappa shape index (κ1) is 17.1. The first-order chi connectivity index (χ1) is 10.7. The van der Waals surface area contributed by atoms with Gasteiger partial charge in [-0.2, -0.15) is 0 Å². The van der Waals surface area contributed by atoms with Gasteiger partial charge in [0, 0.05) is 19.7 Å². The molecule has 4 aliphatic carbocycles. The van der Waals surface area contributed by atoms with Gasteiger partial charge in [0.1, 0.15) is 5.60 Å². The van der Waals surface area contributed by atoms with Crippen LogP contribution in [-0.4, -0.2) is 41.4 Å². The summed E-state index contributed by atoms with van der Waals surface area (Å²) < 4.78 is 5.66. The molecule has 4 saturated carbocycles. The molecule has 0 aromatic rings. The third-order valence-corrected chi connectivity index (χ3v) is 6.25. The predicted octanol–water partition coefficient (Wildman–Crippen LogP) is 3.97. The van der Waals surface area contributed by atoms with Crippen molar-refractivity contribution in [1.82, 2.24) is 4.90 Å². The fraction of sp³-hybridized carbons (Fsp3) is 0.947. The highest BCUT2D eigenvalue weighted by Gasteiger charge is 2.49. The van der Waals surface area contributed by atoms with Crippen LogP contribution in [-0.2, 0) is 4.74 Å². The predicted molar refractivity (Wildman–Crippen MR) is 90.2 cm³/mol. The Morgan fingerprint density at radius 1 is 1.09 bits per heavy atom. The number of carbonyl (C=O) groups excluding carboxylic acids is 1. The monoisotopic (exact) mass is 323 g/mol. The molecule has 0 aliphatic heterocycles. The second-order valence-electron chi connectivity index (χ2n) is 9.46. The highest BCUT2D eigenvalue weighted by molar-refractivity contribution is 5.68. The lowest BCUT2D eigenvalue weighted by Gasteiger charge is -2.54. The third kappa shape index (κ3) is 4.01. The smallest absolute Gasteiger partial charge is 0.410 e. The van der Waals surface area contributed by atoms with E-state index < -0.39 is 5.60 Å². The van der Waals surface area contributed by atoms with Gasteiger partial charge < -0.3 is 14.7 Å². The minimum Gasteiger partial charge on any atom is -0.444 e. The van der Waals surface area contributed by atoms with E-state index in [2.05, 4.69) is 0 Å². The van der Waals surface area contributed by atoms with Crippen molar-refractivity contribution in [1.29, 1.82) is 0 Å². The average molecular weight is 323 g/mol. The molecular weight excluding hydrogens is 290 g/mol. The van der Waals surface area contributed by atoms with Crippen molar-refractivity contribution in [3.05, 3.63) is 0 Å². The summed E-state index contributed by atoms with van der Waals surface area (Å²) in [5, 5.41) is 9.69. The minimum absolute atomic E-state index is 0.136. The molecular formula is C19H33NO3. The molecule has 1 N–H and O–H groups in total. The van der Waals surface area contributed by atoms with Crippen LogP contribution in [0.3, 0.4) is 0 Å². The number of nitrogens with zero attached hydrogens (tertiary/aromatic N) is 1. The van der Waals surface area contributed by atoms with Gasteiger partial charge >= 0.3 is 6.09 Å². The minimum atomic E-state index is -0.429. The van der Waals surface area contributed by atoms with Gasteiger partial charge in [0.2, 0.25) is 0 Å². The molecule has 0 radical (unpaired) electrons. The average Bonchev–Trinajstić information content (AvgIpc) is 3.31. The number of aliphatic hydroxyl groups excluding tert-OH is 1. The molecule has 4 rings (SSSR count). The zero-order valence-corrected chi connectivity index (χ0v) is 15.1. The standard InChI is InChI=1S/C19H33NO3/c1-17(2,3)23-16(22)20(12-15-4-5-15)13-18-6-9-19(14-21,10-7-18)11-8-18/h15,21H,4-14H2,1-3H3. The molecule has 0 heterocycles. The number of ether oxygens (including phenoxy) is 1. The molecule has 2 bridgehead atoms. The van der Waals surface area contributed by atoms with E-state index in [4.69, 9.17) is 4.74 Å². The second-order valence-corrected chi connectivity index (χ2v) is 9.46. The van der Waals surface area contributed by atoms with Crippen LogP contribution in [0.2, 0.25) is 0 Å². The van der Waals surface area contributed by atoms with Crippen LogP contribution in [0.1, 0.15) is 72.1 Å². The quantitative estimate of drug-likeness (QED) is 0.833. The summed E-state index contributed by atoms with van der Waals surface area (Å²) in [6, 6.07) is 0. The molecule has 4 fully saturated rings. The summed E-state index contributed by atoms with van der Waals surface area (Å²) in [6.45, 7) is 7.86. The maximum Gasteiger partial charge on any atom is 0.410 e. The summed E-state index contributed by atoms with van der Waals surface area (Å²) >= 11 is 0. The van der Waals surface area contributed by atoms with Gasteiger partial charge in [0.25, 0.3) is 0 Å². The lowest BCUT2D eigenvalue weighted by molar-refractivity contribution is -0.0596. The summed E-state index contributed by atoms with van der Waals surface area (Å²) in [5.41, 5.74) is 0.0272. The molecule has 0 aromatic carbocycles. The Kier molecular flexibility index (Phi) is 4.41. The van der Waals surface area contributed by atoms with E-state index in [1.54, 1.807) is 0 Å². The highest BCUT2D eigenvalue weighted by Crippen LogP contribution is 2.57. The van der Waals surface area contributed by atoms with Gasteiger partial charge in [-0.3, -0.25) is 0 Å². The molecule has 0 spiro atoms. The molecule has 0 unspecified atom stereocenters. The number of hydrogen-bond donors (Lipinski definition) is 1. The van der Waals surface area contributed by atoms with Gasteiger partial charge in [0.15, 0.2) is 0 Å². The molecule has 4 nitrogen and oxygen atoms in total. The van der Waals surface area contributed by atoms with Crippen molar-refractivity contribution >= 4 is 6.09 Å². The van der Waals surface area contributed by atoms with Crippen LogP contribution in [0, 0.1) is 16.7 Å². The third-order valence-electron chi connectivity index (χ3n) is 6.25. The first-order valence-electron chi connectivity index (χ1n) is 9.34. The number of amides is 1. The summed E-state index contributed by atoms with van der Waals surface area (Å²) in [7, 11) is 0. The lowest BCUT2D eigenvalue weighted by atomic mass is 9.54. The second kappa shape index (κ2) is 5.94. The number of hydrogen-bond acceptors (Lipinski definition) is 3. The Morgan fingerprint density at radius 3 is 2.04 bits per heavy atom. The van der Waals surface area contributed by atoms with Crippen molar-refractivity contribution in [2.24, 2.45) is 16.7 Å². The molecule has 132 valence electrons. The molecule has 0 aromatic heterocycles. The van der Waals surface area contributed by atoms with Gasteiger partial charge in [-0.15, -0.1) is 0 Å². The van der Waals surface area contributed by atoms with Gasteiger partial charge in [-0.05, 0) is 88.9 Å². The number of aliphatic hydroxyl groups is 1. The Labute approximate surface area is 140 Å². The highest BCUT2D eigenvalue weighted by atomic mass is 16.6. The van der Waals surface area contributed by atoms with Crippen molar-refractivity contribution < 1.29 is 14.6 Å². The Balaban J connectivity index is 1.65. The first-order valence-corrected chi connectivity index (χ1v) is 9.34. The van der Waals surface area contributed by atoms with E-state index in [1.165, 1.54) is 12.8 Å². The topological polar surface area (TPSA) is 49.8 Å². The van der Waals surface area contributed by atoms with E-state index >= 15 is 0 Å². The number of rotatable bonds is 5. The van der Waals surface area contributed by atoms with E-state index in [-0.39, 0.29) is 16.9 Å². The summed E-state index contributed by atoms with van der Waals surface area (Å²) in [5.74, 6) is 0.683. The fourth-order valence-electron chi connectivity index (χ4n) is 4.36. The van der Waals surface area contributed by atoms with Crippen molar-refractivity contribution in [2.75, 3.05) is 19.7 Å². The molecule has 4 aliphatic rings. The van der Waals surface area contributed by atoms with Crippen molar-refractivity contribution in [3.63, 3.8) is 0 Å². The van der Waals surface area contributed by atoms with E-state index in [1.807, 2.05) is 25.7 Å². The zero-order chi connectivity index (χ0) is 16.7. The van der Waals surface area contributed by atoms with E-state index in [0.717, 1.165) is 51.6 Å². The van der Waals surface area contributed by atoms with Gasteiger partial charge in [-0.25, -0.2) is 4.79 Å². The van der Waals surface area contributed by atoms with Gasteiger partial charge in [-0.1, -0.05) is 0 Å². The molecule has 0 atom stereocenters. The molecule has 1 amide bonds. The lowest BCUT2D eigenvalue weighted by Crippen LogP contribution is -2.51.